The summed E-state index contributed by atoms with van der Waals surface area (Å²) >= 11 is 0. The van der Waals surface area contributed by atoms with Gasteiger partial charge in [0.15, 0.2) is 0 Å². The average molecular weight is 401 g/mol. The summed E-state index contributed by atoms with van der Waals surface area (Å²) in [5, 5.41) is 3.10. The molecular weight excluding hydrogens is 378 g/mol. The molecule has 1 aromatic carbocycles. The van der Waals surface area contributed by atoms with Crippen molar-refractivity contribution in [2.24, 2.45) is 0 Å². The van der Waals surface area contributed by atoms with Crippen LogP contribution < -0.4 is 10.2 Å². The summed E-state index contributed by atoms with van der Waals surface area (Å²) in [6.07, 6.45) is 5.74. The number of anilines is 1. The second kappa shape index (κ2) is 8.51. The van der Waals surface area contributed by atoms with E-state index in [1.807, 2.05) is 24.3 Å². The highest BCUT2D eigenvalue weighted by atomic mass is 16.2. The van der Waals surface area contributed by atoms with Gasteiger partial charge in [0.25, 0.3) is 0 Å². The second-order valence-electron chi connectivity index (χ2n) is 7.21. The number of hydrogen-bond acceptors (Lipinski definition) is 6. The van der Waals surface area contributed by atoms with Gasteiger partial charge in [-0.3, -0.25) is 19.5 Å². The summed E-state index contributed by atoms with van der Waals surface area (Å²) in [4.78, 5) is 39.6. The molecule has 1 unspecified atom stereocenters. The fourth-order valence-electron chi connectivity index (χ4n) is 3.76. The topological polar surface area (TPSA) is 88.1 Å². The molecule has 3 heterocycles. The third-order valence-corrected chi connectivity index (χ3v) is 5.33. The lowest BCUT2D eigenvalue weighted by Crippen LogP contribution is -2.43. The van der Waals surface area contributed by atoms with Crippen molar-refractivity contribution in [3.05, 3.63) is 72.1 Å². The van der Waals surface area contributed by atoms with Crippen molar-refractivity contribution in [1.29, 1.82) is 0 Å². The van der Waals surface area contributed by atoms with Crippen LogP contribution in [0.4, 0.5) is 5.69 Å². The van der Waals surface area contributed by atoms with E-state index in [4.69, 9.17) is 0 Å². The molecule has 2 aromatic heterocycles. The Morgan fingerprint density at radius 1 is 1.20 bits per heavy atom. The number of aryl methyl sites for hydroxylation is 1. The molecule has 1 aliphatic heterocycles. The maximum atomic E-state index is 13.0. The number of nitrogens with zero attached hydrogens (tertiary/aromatic N) is 4. The van der Waals surface area contributed by atoms with Gasteiger partial charge >= 0.3 is 0 Å². The molecule has 30 heavy (non-hydrogen) atoms. The van der Waals surface area contributed by atoms with E-state index in [-0.39, 0.29) is 18.2 Å². The van der Waals surface area contributed by atoms with E-state index in [1.54, 1.807) is 30.3 Å². The zero-order chi connectivity index (χ0) is 21.1. The number of carbonyl (C=O) groups excluding carboxylic acids is 2. The summed E-state index contributed by atoms with van der Waals surface area (Å²) in [5.74, 6) is -0.309. The molecule has 0 saturated carbocycles. The van der Waals surface area contributed by atoms with Gasteiger partial charge in [-0.05, 0) is 36.6 Å². The Morgan fingerprint density at radius 2 is 2.03 bits per heavy atom. The molecule has 1 amide bonds. The van der Waals surface area contributed by atoms with Gasteiger partial charge in [-0.15, -0.1) is 0 Å². The van der Waals surface area contributed by atoms with Crippen molar-refractivity contribution >= 4 is 17.4 Å². The first-order valence-corrected chi connectivity index (χ1v) is 10.00. The molecular formula is C23H23N5O2. The first-order valence-electron chi connectivity index (χ1n) is 10.00. The van der Waals surface area contributed by atoms with Crippen LogP contribution in [0.3, 0.4) is 0 Å². The lowest BCUT2D eigenvalue weighted by Gasteiger charge is -2.22. The van der Waals surface area contributed by atoms with Crippen LogP contribution in [-0.4, -0.2) is 39.2 Å². The molecule has 1 aliphatic rings. The Kier molecular flexibility index (Phi) is 5.63. The van der Waals surface area contributed by atoms with E-state index >= 15 is 0 Å². The molecule has 0 fully saturated rings. The fourth-order valence-corrected chi connectivity index (χ4v) is 3.76. The standard InChI is InChI=1S/C23H23N5O2/c1-3-16-6-4-5-7-19(16)17-10-20-22(26-11-17)23(30)15(2)28(20)21(29)13-25-12-18-8-9-24-14-27-18/h4-11,14-15,25H,3,12-13H2,1-2H3. The Balaban J connectivity index is 1.58. The Labute approximate surface area is 175 Å². The first kappa shape index (κ1) is 19.8. The zero-order valence-corrected chi connectivity index (χ0v) is 17.0. The van der Waals surface area contributed by atoms with Crippen LogP contribution in [0.25, 0.3) is 11.1 Å². The molecule has 0 spiro atoms. The van der Waals surface area contributed by atoms with E-state index < -0.39 is 6.04 Å². The highest BCUT2D eigenvalue weighted by Crippen LogP contribution is 2.35. The van der Waals surface area contributed by atoms with Gasteiger partial charge in [-0.2, -0.15) is 0 Å². The highest BCUT2D eigenvalue weighted by Gasteiger charge is 2.39. The van der Waals surface area contributed by atoms with E-state index in [9.17, 15) is 9.59 Å². The summed E-state index contributed by atoms with van der Waals surface area (Å²) in [7, 11) is 0. The van der Waals surface area contributed by atoms with Crippen LogP contribution in [0.1, 0.15) is 35.6 Å². The van der Waals surface area contributed by atoms with Crippen molar-refractivity contribution in [3.63, 3.8) is 0 Å². The third kappa shape index (κ3) is 3.71. The van der Waals surface area contributed by atoms with Crippen molar-refractivity contribution in [2.45, 2.75) is 32.9 Å². The van der Waals surface area contributed by atoms with Crippen molar-refractivity contribution in [2.75, 3.05) is 11.4 Å². The van der Waals surface area contributed by atoms with Crippen molar-refractivity contribution < 1.29 is 9.59 Å². The van der Waals surface area contributed by atoms with Crippen LogP contribution in [0.5, 0.6) is 0 Å². The number of amides is 1. The van der Waals surface area contributed by atoms with Crippen molar-refractivity contribution in [1.82, 2.24) is 20.3 Å². The maximum absolute atomic E-state index is 13.0. The van der Waals surface area contributed by atoms with Gasteiger partial charge in [0, 0.05) is 24.5 Å². The maximum Gasteiger partial charge on any atom is 0.241 e. The van der Waals surface area contributed by atoms with Gasteiger partial charge in [-0.1, -0.05) is 31.2 Å². The number of benzene rings is 1. The summed E-state index contributed by atoms with van der Waals surface area (Å²) < 4.78 is 0. The number of hydrogen-bond donors (Lipinski definition) is 1. The lowest BCUT2D eigenvalue weighted by atomic mass is 9.99. The van der Waals surface area contributed by atoms with E-state index in [0.29, 0.717) is 17.9 Å². The number of Topliss-reactive ketones (excluding diaryl/α,β-unsaturated/α-hetero) is 1. The van der Waals surface area contributed by atoms with E-state index in [2.05, 4.69) is 33.3 Å². The number of rotatable bonds is 6. The highest BCUT2D eigenvalue weighted by molar-refractivity contribution is 6.17. The minimum atomic E-state index is -0.572. The van der Waals surface area contributed by atoms with Crippen LogP contribution >= 0.6 is 0 Å². The molecule has 7 nitrogen and oxygen atoms in total. The summed E-state index contributed by atoms with van der Waals surface area (Å²) in [5.41, 5.74) is 4.88. The molecule has 7 heteroatoms. The monoisotopic (exact) mass is 401 g/mol. The lowest BCUT2D eigenvalue weighted by molar-refractivity contribution is -0.118. The van der Waals surface area contributed by atoms with Crippen molar-refractivity contribution in [3.8, 4) is 11.1 Å². The SMILES string of the molecule is CCc1ccccc1-c1cnc2c(c1)N(C(=O)CNCc1ccncn1)C(C)C2=O. The van der Waals surface area contributed by atoms with Gasteiger partial charge in [0.2, 0.25) is 11.7 Å². The largest absolute Gasteiger partial charge is 0.303 e. The molecule has 4 rings (SSSR count). The zero-order valence-electron chi connectivity index (χ0n) is 17.0. The fraction of sp³-hybridized carbons (Fsp3) is 0.261. The number of nitrogens with one attached hydrogen (secondary N) is 1. The second-order valence-corrected chi connectivity index (χ2v) is 7.21. The molecule has 0 bridgehead atoms. The minimum Gasteiger partial charge on any atom is -0.303 e. The Hall–Kier alpha value is -3.45. The average Bonchev–Trinajstić information content (AvgIpc) is 3.04. The molecule has 1 atom stereocenters. The molecule has 152 valence electrons. The molecule has 0 aliphatic carbocycles. The van der Waals surface area contributed by atoms with Gasteiger partial charge in [-0.25, -0.2) is 9.97 Å². The Bertz CT molecular complexity index is 1080. The smallest absolute Gasteiger partial charge is 0.241 e. The van der Waals surface area contributed by atoms with E-state index in [0.717, 1.165) is 23.2 Å². The first-order chi connectivity index (χ1) is 14.6. The number of aromatic nitrogens is 3. The number of fused-ring (bicyclic) bond motifs is 1. The summed E-state index contributed by atoms with van der Waals surface area (Å²) in [6.45, 7) is 4.38. The molecule has 0 radical (unpaired) electrons. The quantitative estimate of drug-likeness (QED) is 0.683. The van der Waals surface area contributed by atoms with Gasteiger partial charge < -0.3 is 5.32 Å². The van der Waals surface area contributed by atoms with Gasteiger partial charge in [0.05, 0.1) is 24.0 Å². The van der Waals surface area contributed by atoms with Crippen LogP contribution in [0, 0.1) is 0 Å². The normalized spacial score (nSPS) is 15.3. The molecule has 0 saturated heterocycles. The van der Waals surface area contributed by atoms with Crippen LogP contribution in [-0.2, 0) is 17.8 Å². The minimum absolute atomic E-state index is 0.0941. The Morgan fingerprint density at radius 3 is 2.80 bits per heavy atom. The predicted octanol–water partition coefficient (Wildman–Crippen LogP) is 2.81. The number of ketones is 1. The predicted molar refractivity (Wildman–Crippen MR) is 114 cm³/mol. The summed E-state index contributed by atoms with van der Waals surface area (Å²) in [6, 6.07) is 11.2. The number of pyridine rings is 1. The van der Waals surface area contributed by atoms with Crippen LogP contribution in [0.2, 0.25) is 0 Å². The number of carbonyl (C=O) groups is 2. The van der Waals surface area contributed by atoms with Gasteiger partial charge in [0.1, 0.15) is 12.0 Å². The molecule has 1 N–H and O–H groups in total. The van der Waals surface area contributed by atoms with Crippen LogP contribution in [0.15, 0.2) is 55.1 Å². The third-order valence-electron chi connectivity index (χ3n) is 5.33. The van der Waals surface area contributed by atoms with E-state index in [1.165, 1.54) is 11.9 Å². The molecule has 3 aromatic rings.